The molecule has 130 valence electrons. The summed E-state index contributed by atoms with van der Waals surface area (Å²) < 4.78 is 11.3. The largest absolute Gasteiger partial charge is 0.462 e. The molecule has 25 heavy (non-hydrogen) atoms. The van der Waals surface area contributed by atoms with E-state index in [1.165, 1.54) is 4.57 Å². The molecule has 0 spiro atoms. The number of para-hydroxylation sites is 2. The molecule has 0 saturated carbocycles. The van der Waals surface area contributed by atoms with Crippen LogP contribution in [0.5, 0.6) is 0 Å². The maximum Gasteiger partial charge on any atom is 0.420 e. The number of carbonyl (C=O) groups excluding carboxylic acids is 2. The van der Waals surface area contributed by atoms with Crippen LogP contribution in [-0.2, 0) is 16.1 Å². The summed E-state index contributed by atoms with van der Waals surface area (Å²) in [7, 11) is 0. The third-order valence-electron chi connectivity index (χ3n) is 3.38. The predicted octanol–water partition coefficient (Wildman–Crippen LogP) is 2.17. The number of carbonyl (C=O) groups is 2. The van der Waals surface area contributed by atoms with E-state index in [4.69, 9.17) is 9.15 Å². The van der Waals surface area contributed by atoms with Crippen LogP contribution in [0.15, 0.2) is 33.5 Å². The standard InChI is InChI=1S/C16H15N3O5S/c1-3-23-14(21)13-9(2)17-15(25-13)18-12(20)8-19-10-6-4-5-7-11(10)24-16(19)22/h4-7H,3,8H2,1-2H3,(H,17,18,20). The molecule has 1 N–H and O–H groups in total. The fourth-order valence-corrected chi connectivity index (χ4v) is 3.18. The predicted molar refractivity (Wildman–Crippen MR) is 91.9 cm³/mol. The Labute approximate surface area is 146 Å². The Hall–Kier alpha value is -2.94. The van der Waals surface area contributed by atoms with Gasteiger partial charge in [0.25, 0.3) is 0 Å². The quantitative estimate of drug-likeness (QED) is 0.699. The highest BCUT2D eigenvalue weighted by molar-refractivity contribution is 7.17. The van der Waals surface area contributed by atoms with Crippen molar-refractivity contribution in [3.05, 3.63) is 45.4 Å². The van der Waals surface area contributed by atoms with E-state index in [0.29, 0.717) is 21.7 Å². The minimum atomic E-state index is -0.612. The summed E-state index contributed by atoms with van der Waals surface area (Å²) >= 11 is 1.03. The van der Waals surface area contributed by atoms with Gasteiger partial charge in [-0.15, -0.1) is 0 Å². The number of aryl methyl sites for hydroxylation is 1. The van der Waals surface area contributed by atoms with Crippen LogP contribution in [0.2, 0.25) is 0 Å². The molecule has 0 bridgehead atoms. The van der Waals surface area contributed by atoms with Gasteiger partial charge in [-0.05, 0) is 26.0 Å². The first-order valence-electron chi connectivity index (χ1n) is 7.52. The number of hydrogen-bond donors (Lipinski definition) is 1. The van der Waals surface area contributed by atoms with Crippen LogP contribution in [0, 0.1) is 6.92 Å². The minimum Gasteiger partial charge on any atom is -0.462 e. The number of anilines is 1. The van der Waals surface area contributed by atoms with Gasteiger partial charge in [0.2, 0.25) is 5.91 Å². The SMILES string of the molecule is CCOC(=O)c1sc(NC(=O)Cn2c(=O)oc3ccccc32)nc1C. The molecule has 3 rings (SSSR count). The zero-order valence-electron chi connectivity index (χ0n) is 13.6. The number of ether oxygens (including phenoxy) is 1. The summed E-state index contributed by atoms with van der Waals surface area (Å²) in [6, 6.07) is 6.84. The number of nitrogens with zero attached hydrogens (tertiary/aromatic N) is 2. The van der Waals surface area contributed by atoms with Crippen LogP contribution in [0.25, 0.3) is 11.1 Å². The first kappa shape index (κ1) is 16.9. The summed E-state index contributed by atoms with van der Waals surface area (Å²) in [6.45, 7) is 3.41. The molecule has 0 fully saturated rings. The number of fused-ring (bicyclic) bond motifs is 1. The monoisotopic (exact) mass is 361 g/mol. The summed E-state index contributed by atoms with van der Waals surface area (Å²) in [5, 5.41) is 2.86. The van der Waals surface area contributed by atoms with Crippen molar-refractivity contribution in [2.75, 3.05) is 11.9 Å². The smallest absolute Gasteiger partial charge is 0.420 e. The number of hydrogen-bond acceptors (Lipinski definition) is 7. The summed E-state index contributed by atoms with van der Waals surface area (Å²) in [4.78, 5) is 40.4. The van der Waals surface area contributed by atoms with Gasteiger partial charge >= 0.3 is 11.7 Å². The van der Waals surface area contributed by atoms with Gasteiger partial charge < -0.3 is 14.5 Å². The Kier molecular flexibility index (Phi) is 4.66. The third kappa shape index (κ3) is 3.45. The van der Waals surface area contributed by atoms with E-state index in [1.807, 2.05) is 0 Å². The highest BCUT2D eigenvalue weighted by atomic mass is 32.1. The molecule has 1 amide bonds. The lowest BCUT2D eigenvalue weighted by atomic mass is 10.3. The molecular formula is C16H15N3O5S. The average molecular weight is 361 g/mol. The molecule has 0 unspecified atom stereocenters. The molecule has 1 aromatic carbocycles. The summed E-state index contributed by atoms with van der Waals surface area (Å²) in [5.41, 5.74) is 1.42. The molecule has 0 radical (unpaired) electrons. The van der Waals surface area contributed by atoms with Crippen LogP contribution >= 0.6 is 11.3 Å². The fraction of sp³-hybridized carbons (Fsp3) is 0.250. The van der Waals surface area contributed by atoms with Crippen LogP contribution in [-0.4, -0.2) is 28.0 Å². The summed E-state index contributed by atoms with van der Waals surface area (Å²) in [6.07, 6.45) is 0. The number of benzene rings is 1. The Balaban J connectivity index is 1.77. The Morgan fingerprint density at radius 3 is 2.88 bits per heavy atom. The van der Waals surface area contributed by atoms with E-state index in [-0.39, 0.29) is 18.3 Å². The molecule has 2 heterocycles. The number of oxazole rings is 1. The van der Waals surface area contributed by atoms with Crippen LogP contribution in [0.1, 0.15) is 22.3 Å². The number of amides is 1. The van der Waals surface area contributed by atoms with Crippen molar-refractivity contribution in [3.63, 3.8) is 0 Å². The van der Waals surface area contributed by atoms with Crippen molar-refractivity contribution < 1.29 is 18.7 Å². The molecule has 3 aromatic rings. The average Bonchev–Trinajstić information content (AvgIpc) is 3.08. The van der Waals surface area contributed by atoms with Crippen LogP contribution in [0.4, 0.5) is 5.13 Å². The second-order valence-corrected chi connectivity index (χ2v) is 6.12. The topological polar surface area (TPSA) is 103 Å². The van der Waals surface area contributed by atoms with E-state index in [0.717, 1.165) is 11.3 Å². The second kappa shape index (κ2) is 6.89. The van der Waals surface area contributed by atoms with Crippen molar-refractivity contribution in [1.29, 1.82) is 0 Å². The van der Waals surface area contributed by atoms with Crippen molar-refractivity contribution in [1.82, 2.24) is 9.55 Å². The molecule has 0 saturated heterocycles. The van der Waals surface area contributed by atoms with E-state index in [9.17, 15) is 14.4 Å². The fourth-order valence-electron chi connectivity index (χ4n) is 2.30. The van der Waals surface area contributed by atoms with E-state index < -0.39 is 17.6 Å². The lowest BCUT2D eigenvalue weighted by Gasteiger charge is -2.02. The molecule has 8 nitrogen and oxygen atoms in total. The zero-order valence-corrected chi connectivity index (χ0v) is 14.4. The maximum atomic E-state index is 12.2. The van der Waals surface area contributed by atoms with E-state index in [2.05, 4.69) is 10.3 Å². The minimum absolute atomic E-state index is 0.219. The number of rotatable bonds is 5. The number of thiazole rings is 1. The number of nitrogens with one attached hydrogen (secondary N) is 1. The molecule has 0 aliphatic carbocycles. The van der Waals surface area contributed by atoms with Crippen molar-refractivity contribution >= 4 is 39.4 Å². The second-order valence-electron chi connectivity index (χ2n) is 5.12. The molecular weight excluding hydrogens is 346 g/mol. The molecule has 0 aliphatic rings. The first-order chi connectivity index (χ1) is 12.0. The molecule has 0 atom stereocenters. The van der Waals surface area contributed by atoms with E-state index in [1.54, 1.807) is 38.1 Å². The third-order valence-corrected chi connectivity index (χ3v) is 4.43. The van der Waals surface area contributed by atoms with Crippen LogP contribution < -0.4 is 11.1 Å². The van der Waals surface area contributed by atoms with Crippen molar-refractivity contribution in [2.45, 2.75) is 20.4 Å². The summed E-state index contributed by atoms with van der Waals surface area (Å²) in [5.74, 6) is -1.54. The van der Waals surface area contributed by atoms with Crippen molar-refractivity contribution in [2.24, 2.45) is 0 Å². The Morgan fingerprint density at radius 1 is 1.36 bits per heavy atom. The molecule has 9 heteroatoms. The highest BCUT2D eigenvalue weighted by Crippen LogP contribution is 2.23. The van der Waals surface area contributed by atoms with Gasteiger partial charge in [-0.2, -0.15) is 0 Å². The van der Waals surface area contributed by atoms with Gasteiger partial charge in [0, 0.05) is 0 Å². The van der Waals surface area contributed by atoms with Gasteiger partial charge in [0.1, 0.15) is 11.4 Å². The normalized spacial score (nSPS) is 10.8. The van der Waals surface area contributed by atoms with Gasteiger partial charge in [0.05, 0.1) is 17.8 Å². The van der Waals surface area contributed by atoms with Crippen molar-refractivity contribution in [3.8, 4) is 0 Å². The number of esters is 1. The maximum absolute atomic E-state index is 12.2. The molecule has 2 aromatic heterocycles. The lowest BCUT2D eigenvalue weighted by Crippen LogP contribution is -2.24. The zero-order chi connectivity index (χ0) is 18.0. The Morgan fingerprint density at radius 2 is 2.12 bits per heavy atom. The Bertz CT molecular complexity index is 1000. The molecule has 0 aliphatic heterocycles. The van der Waals surface area contributed by atoms with Gasteiger partial charge in [-0.1, -0.05) is 23.5 Å². The lowest BCUT2D eigenvalue weighted by molar-refractivity contribution is -0.116. The van der Waals surface area contributed by atoms with Gasteiger partial charge in [-0.25, -0.2) is 14.6 Å². The number of aromatic nitrogens is 2. The first-order valence-corrected chi connectivity index (χ1v) is 8.34. The van der Waals surface area contributed by atoms with E-state index >= 15 is 0 Å². The van der Waals surface area contributed by atoms with Crippen LogP contribution in [0.3, 0.4) is 0 Å². The van der Waals surface area contributed by atoms with Gasteiger partial charge in [0.15, 0.2) is 10.7 Å². The highest BCUT2D eigenvalue weighted by Gasteiger charge is 2.18. The van der Waals surface area contributed by atoms with Gasteiger partial charge in [-0.3, -0.25) is 9.36 Å².